The highest BCUT2D eigenvalue weighted by atomic mass is 16.5. The zero-order valence-electron chi connectivity index (χ0n) is 18.0. The number of aromatic nitrogens is 1. The van der Waals surface area contributed by atoms with Crippen LogP contribution in [0.2, 0.25) is 0 Å². The zero-order chi connectivity index (χ0) is 22.0. The Morgan fingerprint density at radius 2 is 2.03 bits per heavy atom. The topological polar surface area (TPSA) is 71.5 Å². The smallest absolute Gasteiger partial charge is 0.338 e. The molecule has 0 saturated carbocycles. The third-order valence-electron chi connectivity index (χ3n) is 6.10. The van der Waals surface area contributed by atoms with Crippen LogP contribution in [0, 0.1) is 5.92 Å². The van der Waals surface area contributed by atoms with Gasteiger partial charge in [-0.1, -0.05) is 49.4 Å². The Balaban J connectivity index is 0.00000289. The molecule has 2 aromatic rings. The number of methoxy groups -OCH3 is 1. The SMILES string of the molecule is C.C/C=C1\C2C=C(C)CC1(N=C/C=C/c1ccccc1C(=O)OC)c1ccc(=O)[nH]c1C2. The van der Waals surface area contributed by atoms with Gasteiger partial charge < -0.3 is 9.72 Å². The third kappa shape index (κ3) is 4.03. The van der Waals surface area contributed by atoms with Crippen molar-refractivity contribution in [3.05, 3.63) is 98.5 Å². The number of pyridine rings is 1. The van der Waals surface area contributed by atoms with Crippen LogP contribution in [0.1, 0.15) is 54.9 Å². The van der Waals surface area contributed by atoms with Gasteiger partial charge in [-0.3, -0.25) is 9.79 Å². The summed E-state index contributed by atoms with van der Waals surface area (Å²) in [7, 11) is 1.38. The summed E-state index contributed by atoms with van der Waals surface area (Å²) in [5, 5.41) is 0. The maximum atomic E-state index is 12.0. The highest BCUT2D eigenvalue weighted by Gasteiger charge is 2.46. The first-order chi connectivity index (χ1) is 15.0. The number of fused-ring (bicyclic) bond motifs is 4. The lowest BCUT2D eigenvalue weighted by Crippen LogP contribution is -2.40. The highest BCUT2D eigenvalue weighted by Crippen LogP contribution is 2.51. The minimum atomic E-state index is -0.526. The molecule has 2 unspecified atom stereocenters. The fourth-order valence-corrected chi connectivity index (χ4v) is 4.91. The van der Waals surface area contributed by atoms with E-state index in [0.29, 0.717) is 5.56 Å². The first-order valence-electron chi connectivity index (χ1n) is 10.4. The molecule has 1 aromatic heterocycles. The van der Waals surface area contributed by atoms with Crippen molar-refractivity contribution < 1.29 is 9.53 Å². The van der Waals surface area contributed by atoms with E-state index in [0.717, 1.165) is 29.7 Å². The van der Waals surface area contributed by atoms with Crippen molar-refractivity contribution in [3.63, 3.8) is 0 Å². The van der Waals surface area contributed by atoms with Crippen LogP contribution < -0.4 is 5.56 Å². The third-order valence-corrected chi connectivity index (χ3v) is 6.10. The summed E-state index contributed by atoms with van der Waals surface area (Å²) in [6.45, 7) is 4.20. The summed E-state index contributed by atoms with van der Waals surface area (Å²) in [6, 6.07) is 10.8. The summed E-state index contributed by atoms with van der Waals surface area (Å²) >= 11 is 0. The van der Waals surface area contributed by atoms with Crippen LogP contribution in [0.4, 0.5) is 0 Å². The van der Waals surface area contributed by atoms with Crippen molar-refractivity contribution in [1.29, 1.82) is 0 Å². The minimum Gasteiger partial charge on any atom is -0.465 e. The van der Waals surface area contributed by atoms with E-state index in [9.17, 15) is 9.59 Å². The molecule has 166 valence electrons. The van der Waals surface area contributed by atoms with Gasteiger partial charge in [0, 0.05) is 35.9 Å². The number of benzene rings is 1. The standard InChI is InChI=1S/C26H26N2O3.CH4/c1-4-21-19-14-17(2)16-26(21,22-11-12-24(29)28-23(22)15-19)27-13-7-9-18-8-5-6-10-20(18)25(30)31-3;/h4-14,19H,15-16H2,1-3H3,(H,28,29);1H4/b9-7+,21-4+,27-13?;. The van der Waals surface area contributed by atoms with Crippen molar-refractivity contribution in [3.8, 4) is 0 Å². The molecule has 2 bridgehead atoms. The molecule has 4 rings (SSSR count). The lowest BCUT2D eigenvalue weighted by atomic mass is 9.63. The predicted octanol–water partition coefficient (Wildman–Crippen LogP) is 5.25. The van der Waals surface area contributed by atoms with E-state index < -0.39 is 5.54 Å². The van der Waals surface area contributed by atoms with E-state index in [1.54, 1.807) is 18.3 Å². The minimum absolute atomic E-state index is 0. The monoisotopic (exact) mass is 430 g/mol. The number of allylic oxidation sites excluding steroid dienone is 3. The van der Waals surface area contributed by atoms with E-state index in [2.05, 4.69) is 31.0 Å². The average Bonchev–Trinajstić information content (AvgIpc) is 2.75. The lowest BCUT2D eigenvalue weighted by molar-refractivity contribution is 0.0600. The number of carbonyl (C=O) groups is 1. The van der Waals surface area contributed by atoms with E-state index in [1.165, 1.54) is 18.3 Å². The zero-order valence-corrected chi connectivity index (χ0v) is 18.0. The highest BCUT2D eigenvalue weighted by molar-refractivity contribution is 5.94. The Hall–Kier alpha value is -3.47. The molecular weight excluding hydrogens is 400 g/mol. The second-order valence-corrected chi connectivity index (χ2v) is 8.04. The number of hydrogen-bond acceptors (Lipinski definition) is 4. The summed E-state index contributed by atoms with van der Waals surface area (Å²) in [5.74, 6) is -0.140. The first kappa shape index (κ1) is 23.2. The molecule has 2 atom stereocenters. The number of aromatic amines is 1. The van der Waals surface area contributed by atoms with E-state index in [1.807, 2.05) is 36.4 Å². The van der Waals surface area contributed by atoms with E-state index >= 15 is 0 Å². The van der Waals surface area contributed by atoms with Gasteiger partial charge in [-0.15, -0.1) is 0 Å². The van der Waals surface area contributed by atoms with E-state index in [4.69, 9.17) is 9.73 Å². The Kier molecular flexibility index (Phi) is 6.78. The second-order valence-electron chi connectivity index (χ2n) is 8.04. The van der Waals surface area contributed by atoms with Crippen LogP contribution in [0.15, 0.2) is 75.6 Å². The Labute approximate surface area is 189 Å². The molecule has 1 heterocycles. The van der Waals surface area contributed by atoms with Crippen LogP contribution in [0.25, 0.3) is 6.08 Å². The number of nitrogens with zero attached hydrogens (tertiary/aromatic N) is 1. The molecule has 2 aliphatic carbocycles. The van der Waals surface area contributed by atoms with Crippen LogP contribution >= 0.6 is 0 Å². The van der Waals surface area contributed by atoms with Gasteiger partial charge in [0.2, 0.25) is 5.56 Å². The second kappa shape index (κ2) is 9.35. The Bertz CT molecular complexity index is 1200. The average molecular weight is 431 g/mol. The Morgan fingerprint density at radius 1 is 1.25 bits per heavy atom. The largest absolute Gasteiger partial charge is 0.465 e. The lowest BCUT2D eigenvalue weighted by Gasteiger charge is -2.45. The molecule has 0 saturated heterocycles. The van der Waals surface area contributed by atoms with Gasteiger partial charge in [0.1, 0.15) is 5.54 Å². The van der Waals surface area contributed by atoms with Crippen molar-refractivity contribution in [1.82, 2.24) is 4.98 Å². The molecule has 0 aliphatic heterocycles. The number of ether oxygens (including phenoxy) is 1. The molecule has 0 amide bonds. The van der Waals surface area contributed by atoms with Crippen LogP contribution in [0.5, 0.6) is 0 Å². The molecule has 1 N–H and O–H groups in total. The number of rotatable bonds is 4. The van der Waals surface area contributed by atoms with Gasteiger partial charge in [-0.05, 0) is 49.6 Å². The van der Waals surface area contributed by atoms with Gasteiger partial charge >= 0.3 is 5.97 Å². The van der Waals surface area contributed by atoms with Crippen molar-refractivity contribution in [2.75, 3.05) is 7.11 Å². The fraction of sp³-hybridized carbons (Fsp3) is 0.296. The molecule has 0 spiro atoms. The maximum absolute atomic E-state index is 12.0. The van der Waals surface area contributed by atoms with Gasteiger partial charge in [0.25, 0.3) is 0 Å². The fourth-order valence-electron chi connectivity index (χ4n) is 4.91. The first-order valence-corrected chi connectivity index (χ1v) is 10.4. The van der Waals surface area contributed by atoms with Crippen LogP contribution in [-0.4, -0.2) is 24.3 Å². The van der Waals surface area contributed by atoms with E-state index in [-0.39, 0.29) is 24.9 Å². The summed E-state index contributed by atoms with van der Waals surface area (Å²) in [4.78, 5) is 32.0. The molecular formula is C27H30N2O3. The van der Waals surface area contributed by atoms with Gasteiger partial charge in [0.05, 0.1) is 12.7 Å². The maximum Gasteiger partial charge on any atom is 0.338 e. The normalized spacial score (nSPS) is 23.0. The molecule has 5 heteroatoms. The molecule has 5 nitrogen and oxygen atoms in total. The molecule has 0 fully saturated rings. The molecule has 32 heavy (non-hydrogen) atoms. The molecule has 2 aliphatic rings. The van der Waals surface area contributed by atoms with Gasteiger partial charge in [0.15, 0.2) is 0 Å². The summed E-state index contributed by atoms with van der Waals surface area (Å²) in [6.07, 6.45) is 11.5. The number of nitrogens with one attached hydrogen (secondary N) is 1. The summed E-state index contributed by atoms with van der Waals surface area (Å²) < 4.78 is 4.87. The molecule has 1 aromatic carbocycles. The van der Waals surface area contributed by atoms with Crippen molar-refractivity contribution in [2.24, 2.45) is 10.9 Å². The summed E-state index contributed by atoms with van der Waals surface area (Å²) in [5.41, 5.74) is 5.26. The predicted molar refractivity (Wildman–Crippen MR) is 130 cm³/mol. The van der Waals surface area contributed by atoms with Gasteiger partial charge in [-0.2, -0.15) is 0 Å². The molecule has 0 radical (unpaired) electrons. The number of carbonyl (C=O) groups excluding carboxylic acids is 1. The van der Waals surface area contributed by atoms with Crippen LogP contribution in [-0.2, 0) is 16.7 Å². The number of hydrogen-bond donors (Lipinski definition) is 1. The number of H-pyrrole nitrogens is 1. The number of aliphatic imine (C=N–C) groups is 1. The van der Waals surface area contributed by atoms with Crippen molar-refractivity contribution >= 4 is 18.3 Å². The quantitative estimate of drug-likeness (QED) is 0.409. The Morgan fingerprint density at radius 3 is 2.78 bits per heavy atom. The van der Waals surface area contributed by atoms with Crippen molar-refractivity contribution in [2.45, 2.75) is 39.7 Å². The van der Waals surface area contributed by atoms with Gasteiger partial charge in [-0.25, -0.2) is 4.79 Å². The van der Waals surface area contributed by atoms with Crippen LogP contribution in [0.3, 0.4) is 0 Å². The number of esters is 1.